The lowest BCUT2D eigenvalue weighted by Crippen LogP contribution is -2.39. The Bertz CT molecular complexity index is 632. The lowest BCUT2D eigenvalue weighted by molar-refractivity contribution is 0.0270. The van der Waals surface area contributed by atoms with Gasteiger partial charge in [0.05, 0.1) is 7.11 Å². The monoisotopic (exact) mass is 321 g/mol. The molecule has 1 amide bonds. The molecule has 0 N–H and O–H groups in total. The van der Waals surface area contributed by atoms with E-state index in [0.29, 0.717) is 19.5 Å². The van der Waals surface area contributed by atoms with E-state index in [1.54, 1.807) is 11.0 Å². The predicted molar refractivity (Wildman–Crippen MR) is 88.1 cm³/mol. The van der Waals surface area contributed by atoms with Gasteiger partial charge in [-0.15, -0.1) is 0 Å². The number of aryl methyl sites for hydroxylation is 1. The van der Waals surface area contributed by atoms with Gasteiger partial charge in [-0.25, -0.2) is 9.18 Å². The zero-order valence-electron chi connectivity index (χ0n) is 14.4. The van der Waals surface area contributed by atoms with Crippen LogP contribution in [0.4, 0.5) is 9.18 Å². The van der Waals surface area contributed by atoms with Gasteiger partial charge in [0.2, 0.25) is 0 Å². The summed E-state index contributed by atoms with van der Waals surface area (Å²) >= 11 is 0. The number of halogens is 1. The number of amides is 1. The molecule has 5 heteroatoms. The van der Waals surface area contributed by atoms with E-state index in [-0.39, 0.29) is 17.7 Å². The molecule has 1 aliphatic heterocycles. The molecule has 0 saturated carbocycles. The van der Waals surface area contributed by atoms with Crippen molar-refractivity contribution in [2.45, 2.75) is 39.7 Å². The Kier molecular flexibility index (Phi) is 4.97. The number of nitrogens with zero attached hydrogens (tertiary/aromatic N) is 1. The molecule has 0 fully saturated rings. The van der Waals surface area contributed by atoms with Gasteiger partial charge in [-0.05, 0) is 62.9 Å². The summed E-state index contributed by atoms with van der Waals surface area (Å²) in [5.74, 6) is -0.124. The van der Waals surface area contributed by atoms with Crippen LogP contribution in [0.25, 0.3) is 5.57 Å². The number of rotatable bonds is 2. The Morgan fingerprint density at radius 1 is 1.30 bits per heavy atom. The molecule has 23 heavy (non-hydrogen) atoms. The van der Waals surface area contributed by atoms with Crippen LogP contribution in [0.5, 0.6) is 5.75 Å². The molecule has 0 atom stereocenters. The summed E-state index contributed by atoms with van der Waals surface area (Å²) in [7, 11) is 1.46. The van der Waals surface area contributed by atoms with E-state index in [0.717, 1.165) is 16.7 Å². The summed E-state index contributed by atoms with van der Waals surface area (Å²) < 4.78 is 24.2. The Labute approximate surface area is 136 Å². The predicted octanol–water partition coefficient (Wildman–Crippen LogP) is 4.17. The van der Waals surface area contributed by atoms with E-state index in [1.807, 2.05) is 33.8 Å². The van der Waals surface area contributed by atoms with Crippen molar-refractivity contribution in [3.8, 4) is 5.75 Å². The van der Waals surface area contributed by atoms with E-state index in [2.05, 4.69) is 0 Å². The highest BCUT2D eigenvalue weighted by molar-refractivity contribution is 5.74. The number of benzene rings is 1. The van der Waals surface area contributed by atoms with Gasteiger partial charge >= 0.3 is 6.09 Å². The summed E-state index contributed by atoms with van der Waals surface area (Å²) in [6, 6.07) is 3.20. The fraction of sp³-hybridized carbons (Fsp3) is 0.500. The first-order chi connectivity index (χ1) is 10.7. The zero-order valence-corrected chi connectivity index (χ0v) is 14.4. The molecule has 126 valence electrons. The van der Waals surface area contributed by atoms with Gasteiger partial charge in [0, 0.05) is 13.1 Å². The third-order valence-electron chi connectivity index (χ3n) is 3.71. The van der Waals surface area contributed by atoms with Crippen LogP contribution in [0, 0.1) is 12.7 Å². The molecule has 0 bridgehead atoms. The molecule has 2 rings (SSSR count). The van der Waals surface area contributed by atoms with Crippen molar-refractivity contribution in [3.05, 3.63) is 35.2 Å². The maximum atomic E-state index is 13.7. The first-order valence-electron chi connectivity index (χ1n) is 7.72. The molecule has 0 radical (unpaired) electrons. The van der Waals surface area contributed by atoms with E-state index in [1.165, 1.54) is 13.2 Å². The first-order valence-corrected chi connectivity index (χ1v) is 7.72. The quantitative estimate of drug-likeness (QED) is 0.821. The largest absolute Gasteiger partial charge is 0.494 e. The topological polar surface area (TPSA) is 38.8 Å². The van der Waals surface area contributed by atoms with E-state index in [4.69, 9.17) is 9.47 Å². The summed E-state index contributed by atoms with van der Waals surface area (Å²) in [5, 5.41) is 0. The zero-order chi connectivity index (χ0) is 17.2. The Hall–Kier alpha value is -2.04. The number of hydrogen-bond acceptors (Lipinski definition) is 3. The van der Waals surface area contributed by atoms with Gasteiger partial charge < -0.3 is 14.4 Å². The van der Waals surface area contributed by atoms with Gasteiger partial charge in [0.15, 0.2) is 11.6 Å². The fourth-order valence-corrected chi connectivity index (χ4v) is 2.56. The van der Waals surface area contributed by atoms with Crippen molar-refractivity contribution < 1.29 is 18.7 Å². The average Bonchev–Trinajstić information content (AvgIpc) is 2.46. The van der Waals surface area contributed by atoms with Crippen LogP contribution in [0.2, 0.25) is 0 Å². The van der Waals surface area contributed by atoms with Crippen molar-refractivity contribution in [1.82, 2.24) is 4.90 Å². The van der Waals surface area contributed by atoms with Crippen molar-refractivity contribution in [2.75, 3.05) is 20.2 Å². The second-order valence-electron chi connectivity index (χ2n) is 6.71. The minimum Gasteiger partial charge on any atom is -0.494 e. The fourth-order valence-electron chi connectivity index (χ4n) is 2.56. The lowest BCUT2D eigenvalue weighted by atomic mass is 9.95. The molecule has 1 heterocycles. The molecule has 1 aromatic rings. The maximum absolute atomic E-state index is 13.7. The average molecular weight is 321 g/mol. The van der Waals surface area contributed by atoms with Gasteiger partial charge in [-0.2, -0.15) is 0 Å². The first kappa shape index (κ1) is 17.3. The van der Waals surface area contributed by atoms with Crippen molar-refractivity contribution in [1.29, 1.82) is 0 Å². The molecule has 0 spiro atoms. The summed E-state index contributed by atoms with van der Waals surface area (Å²) in [6.07, 6.45) is 2.39. The summed E-state index contributed by atoms with van der Waals surface area (Å²) in [5.41, 5.74) is 2.43. The molecular weight excluding hydrogens is 297 g/mol. The highest BCUT2D eigenvalue weighted by Gasteiger charge is 2.24. The standard InChI is InChI=1S/C18H24FNO3/c1-12-10-15(19)16(22-5)11-14(12)13-6-8-20(9-7-13)17(21)23-18(2,3)4/h6,10-11H,7-9H2,1-5H3. The van der Waals surface area contributed by atoms with Crippen LogP contribution in [-0.4, -0.2) is 36.8 Å². The molecule has 0 aromatic heterocycles. The Morgan fingerprint density at radius 2 is 2.00 bits per heavy atom. The molecular formula is C18H24FNO3. The SMILES string of the molecule is COc1cc(C2=CCN(C(=O)OC(C)(C)C)CC2)c(C)cc1F. The van der Waals surface area contributed by atoms with Crippen LogP contribution >= 0.6 is 0 Å². The van der Waals surface area contributed by atoms with Crippen LogP contribution < -0.4 is 4.74 Å². The van der Waals surface area contributed by atoms with Gasteiger partial charge in [-0.1, -0.05) is 6.08 Å². The lowest BCUT2D eigenvalue weighted by Gasteiger charge is -2.30. The molecule has 4 nitrogen and oxygen atoms in total. The highest BCUT2D eigenvalue weighted by atomic mass is 19.1. The van der Waals surface area contributed by atoms with Gasteiger partial charge in [-0.3, -0.25) is 0 Å². The van der Waals surface area contributed by atoms with E-state index in [9.17, 15) is 9.18 Å². The minimum absolute atomic E-state index is 0.237. The number of carbonyl (C=O) groups is 1. The van der Waals surface area contributed by atoms with Crippen molar-refractivity contribution in [2.24, 2.45) is 0 Å². The number of carbonyl (C=O) groups excluding carboxylic acids is 1. The third kappa shape index (κ3) is 4.24. The molecule has 0 aliphatic carbocycles. The summed E-state index contributed by atoms with van der Waals surface area (Å²) in [6.45, 7) is 8.50. The number of methoxy groups -OCH3 is 1. The van der Waals surface area contributed by atoms with Crippen LogP contribution in [-0.2, 0) is 4.74 Å². The van der Waals surface area contributed by atoms with Crippen LogP contribution in [0.15, 0.2) is 18.2 Å². The second kappa shape index (κ2) is 6.60. The van der Waals surface area contributed by atoms with Crippen LogP contribution in [0.1, 0.15) is 38.3 Å². The molecule has 1 aliphatic rings. The smallest absolute Gasteiger partial charge is 0.410 e. The maximum Gasteiger partial charge on any atom is 0.410 e. The Morgan fingerprint density at radius 3 is 2.52 bits per heavy atom. The minimum atomic E-state index is -0.498. The molecule has 1 aromatic carbocycles. The second-order valence-corrected chi connectivity index (χ2v) is 6.71. The third-order valence-corrected chi connectivity index (χ3v) is 3.71. The van der Waals surface area contributed by atoms with Crippen molar-refractivity contribution in [3.63, 3.8) is 0 Å². The van der Waals surface area contributed by atoms with Crippen molar-refractivity contribution >= 4 is 11.7 Å². The van der Waals surface area contributed by atoms with E-state index >= 15 is 0 Å². The van der Waals surface area contributed by atoms with Crippen LogP contribution in [0.3, 0.4) is 0 Å². The molecule has 0 saturated heterocycles. The molecule has 0 unspecified atom stereocenters. The number of hydrogen-bond donors (Lipinski definition) is 0. The van der Waals surface area contributed by atoms with Gasteiger partial charge in [0.25, 0.3) is 0 Å². The normalized spacial score (nSPS) is 15.2. The summed E-state index contributed by atoms with van der Waals surface area (Å²) in [4.78, 5) is 13.7. The Balaban J connectivity index is 2.15. The number of ether oxygens (including phenoxy) is 2. The van der Waals surface area contributed by atoms with Gasteiger partial charge in [0.1, 0.15) is 5.60 Å². The highest BCUT2D eigenvalue weighted by Crippen LogP contribution is 2.30. The van der Waals surface area contributed by atoms with E-state index < -0.39 is 5.60 Å².